The van der Waals surface area contributed by atoms with Gasteiger partial charge in [0.15, 0.2) is 0 Å². The average molecular weight is 547 g/mol. The molecule has 5 rings (SSSR count). The van der Waals surface area contributed by atoms with Gasteiger partial charge in [-0.15, -0.1) is 0 Å². The van der Waals surface area contributed by atoms with Crippen LogP contribution in [0, 0.1) is 0 Å². The molecule has 0 saturated heterocycles. The molecule has 1 N–H and O–H groups in total. The number of carbonyl (C=O) groups is 1. The van der Waals surface area contributed by atoms with E-state index in [-0.39, 0.29) is 5.91 Å². The monoisotopic (exact) mass is 545 g/mol. The third-order valence-corrected chi connectivity index (χ3v) is 7.08. The Morgan fingerprint density at radius 1 is 0.921 bits per heavy atom. The standard InChI is InChI=1S/C30H29Cl2N5O/c1-35(2)15-16-36(3)30(38)28-26(24-14-13-23(32)17-25(24)34-28)29-27(21-7-5-4-6-8-21)33-19-37(29)18-20-9-11-22(31)12-10-20/h4-14,17,19,34H,15-16,18H2,1-3H3. The lowest BCUT2D eigenvalue weighted by molar-refractivity contribution is 0.0782. The van der Waals surface area contributed by atoms with E-state index in [1.165, 1.54) is 0 Å². The topological polar surface area (TPSA) is 57.2 Å². The number of rotatable bonds is 8. The first-order chi connectivity index (χ1) is 18.3. The fraction of sp³-hybridized carbons (Fsp3) is 0.200. The van der Waals surface area contributed by atoms with Gasteiger partial charge in [-0.25, -0.2) is 4.98 Å². The minimum absolute atomic E-state index is 0.0903. The van der Waals surface area contributed by atoms with E-state index < -0.39 is 0 Å². The lowest BCUT2D eigenvalue weighted by atomic mass is 10.0. The van der Waals surface area contributed by atoms with E-state index in [0.717, 1.165) is 45.5 Å². The van der Waals surface area contributed by atoms with E-state index in [0.29, 0.717) is 28.8 Å². The summed E-state index contributed by atoms with van der Waals surface area (Å²) in [6.07, 6.45) is 1.84. The largest absolute Gasteiger partial charge is 0.350 e. The maximum absolute atomic E-state index is 13.9. The zero-order chi connectivity index (χ0) is 26.8. The molecule has 0 atom stereocenters. The molecular weight excluding hydrogens is 517 g/mol. The number of H-pyrrole nitrogens is 1. The Hall–Kier alpha value is -3.58. The molecule has 2 heterocycles. The molecule has 1 amide bonds. The number of benzene rings is 3. The zero-order valence-corrected chi connectivity index (χ0v) is 23.1. The Morgan fingerprint density at radius 3 is 2.34 bits per heavy atom. The van der Waals surface area contributed by atoms with E-state index in [1.807, 2.05) is 100 Å². The van der Waals surface area contributed by atoms with Crippen molar-refractivity contribution in [3.05, 3.63) is 100 Å². The van der Waals surface area contributed by atoms with Gasteiger partial charge >= 0.3 is 0 Å². The molecule has 0 bridgehead atoms. The summed E-state index contributed by atoms with van der Waals surface area (Å²) in [5, 5.41) is 2.20. The summed E-state index contributed by atoms with van der Waals surface area (Å²) in [5.74, 6) is -0.0903. The van der Waals surface area contributed by atoms with Crippen molar-refractivity contribution in [3.8, 4) is 22.5 Å². The number of amides is 1. The molecular formula is C30H29Cl2N5O. The number of halogens is 2. The van der Waals surface area contributed by atoms with Crippen molar-refractivity contribution in [1.29, 1.82) is 0 Å². The van der Waals surface area contributed by atoms with Gasteiger partial charge in [0.05, 0.1) is 17.7 Å². The van der Waals surface area contributed by atoms with Crippen LogP contribution in [-0.4, -0.2) is 64.5 Å². The number of fused-ring (bicyclic) bond motifs is 1. The third-order valence-electron chi connectivity index (χ3n) is 6.59. The maximum Gasteiger partial charge on any atom is 0.270 e. The Morgan fingerprint density at radius 2 is 1.63 bits per heavy atom. The SMILES string of the molecule is CN(C)CCN(C)C(=O)c1[nH]c2cc(Cl)ccc2c1-c1c(-c2ccccc2)ncn1Cc1ccc(Cl)cc1. The van der Waals surface area contributed by atoms with Crippen LogP contribution in [0.5, 0.6) is 0 Å². The van der Waals surface area contributed by atoms with Gasteiger partial charge in [-0.1, -0.05) is 71.7 Å². The van der Waals surface area contributed by atoms with E-state index in [4.69, 9.17) is 28.2 Å². The first kappa shape index (κ1) is 26.0. The van der Waals surface area contributed by atoms with Gasteiger partial charge in [0.2, 0.25) is 0 Å². The van der Waals surface area contributed by atoms with Crippen molar-refractivity contribution < 1.29 is 4.79 Å². The molecule has 0 spiro atoms. The van der Waals surface area contributed by atoms with Gasteiger partial charge in [-0.05, 0) is 43.9 Å². The second-order valence-corrected chi connectivity index (χ2v) is 10.5. The molecule has 0 aliphatic heterocycles. The summed E-state index contributed by atoms with van der Waals surface area (Å²) in [5.41, 5.74) is 5.84. The lowest BCUT2D eigenvalue weighted by Gasteiger charge is -2.20. The smallest absolute Gasteiger partial charge is 0.270 e. The molecule has 6 nitrogen and oxygen atoms in total. The molecule has 0 aliphatic rings. The average Bonchev–Trinajstić information content (AvgIpc) is 3.49. The molecule has 194 valence electrons. The molecule has 8 heteroatoms. The highest BCUT2D eigenvalue weighted by Crippen LogP contribution is 2.39. The van der Waals surface area contributed by atoms with Crippen LogP contribution in [0.4, 0.5) is 0 Å². The van der Waals surface area contributed by atoms with E-state index in [9.17, 15) is 4.79 Å². The molecule has 3 aromatic carbocycles. The maximum atomic E-state index is 13.9. The molecule has 0 unspecified atom stereocenters. The molecule has 5 aromatic rings. The normalized spacial score (nSPS) is 11.4. The Bertz CT molecular complexity index is 1570. The summed E-state index contributed by atoms with van der Waals surface area (Å²) in [7, 11) is 5.82. The van der Waals surface area contributed by atoms with Crippen molar-refractivity contribution in [3.63, 3.8) is 0 Å². The molecule has 0 fully saturated rings. The Labute approximate surface area is 232 Å². The number of nitrogens with zero attached hydrogens (tertiary/aromatic N) is 4. The number of imidazole rings is 1. The van der Waals surface area contributed by atoms with E-state index in [2.05, 4.69) is 14.5 Å². The van der Waals surface area contributed by atoms with Crippen LogP contribution in [-0.2, 0) is 6.54 Å². The summed E-state index contributed by atoms with van der Waals surface area (Å²) >= 11 is 12.5. The van der Waals surface area contributed by atoms with Crippen LogP contribution < -0.4 is 0 Å². The first-order valence-electron chi connectivity index (χ1n) is 12.4. The van der Waals surface area contributed by atoms with Gasteiger partial charge in [0, 0.05) is 58.8 Å². The van der Waals surface area contributed by atoms with Crippen molar-refractivity contribution in [2.24, 2.45) is 0 Å². The van der Waals surface area contributed by atoms with Gasteiger partial charge in [0.1, 0.15) is 5.69 Å². The minimum atomic E-state index is -0.0903. The van der Waals surface area contributed by atoms with Crippen LogP contribution in [0.1, 0.15) is 16.1 Å². The number of carbonyl (C=O) groups excluding carboxylic acids is 1. The lowest BCUT2D eigenvalue weighted by Crippen LogP contribution is -2.34. The number of hydrogen-bond donors (Lipinski definition) is 1. The molecule has 2 aromatic heterocycles. The van der Waals surface area contributed by atoms with E-state index >= 15 is 0 Å². The fourth-order valence-corrected chi connectivity index (χ4v) is 4.87. The summed E-state index contributed by atoms with van der Waals surface area (Å²) in [6.45, 7) is 1.92. The van der Waals surface area contributed by atoms with Crippen molar-refractivity contribution in [1.82, 2.24) is 24.3 Å². The number of aromatic nitrogens is 3. The van der Waals surface area contributed by atoms with Crippen LogP contribution in [0.3, 0.4) is 0 Å². The highest BCUT2D eigenvalue weighted by molar-refractivity contribution is 6.31. The summed E-state index contributed by atoms with van der Waals surface area (Å²) in [6, 6.07) is 23.5. The van der Waals surface area contributed by atoms with Crippen LogP contribution in [0.25, 0.3) is 33.4 Å². The molecule has 38 heavy (non-hydrogen) atoms. The van der Waals surface area contributed by atoms with Gasteiger partial charge < -0.3 is 19.4 Å². The fourth-order valence-electron chi connectivity index (χ4n) is 4.58. The van der Waals surface area contributed by atoms with Gasteiger partial charge in [0.25, 0.3) is 5.91 Å². The number of nitrogens with one attached hydrogen (secondary N) is 1. The predicted octanol–water partition coefficient (Wildman–Crippen LogP) is 6.69. The van der Waals surface area contributed by atoms with Gasteiger partial charge in [-0.3, -0.25) is 4.79 Å². The molecule has 0 radical (unpaired) electrons. The van der Waals surface area contributed by atoms with E-state index in [1.54, 1.807) is 4.90 Å². The van der Waals surface area contributed by atoms with Crippen LogP contribution in [0.2, 0.25) is 10.0 Å². The Kier molecular flexibility index (Phi) is 7.56. The quantitative estimate of drug-likeness (QED) is 0.236. The van der Waals surface area contributed by atoms with Gasteiger partial charge in [-0.2, -0.15) is 0 Å². The predicted molar refractivity (Wildman–Crippen MR) is 156 cm³/mol. The van der Waals surface area contributed by atoms with Crippen LogP contribution in [0.15, 0.2) is 79.1 Å². The van der Waals surface area contributed by atoms with Crippen LogP contribution >= 0.6 is 23.2 Å². The molecule has 0 saturated carbocycles. The summed E-state index contributed by atoms with van der Waals surface area (Å²) in [4.78, 5) is 25.9. The molecule has 0 aliphatic carbocycles. The number of likely N-dealkylation sites (N-methyl/N-ethyl adjacent to an activating group) is 2. The first-order valence-corrected chi connectivity index (χ1v) is 13.1. The second kappa shape index (κ2) is 11.0. The number of hydrogen-bond acceptors (Lipinski definition) is 3. The highest BCUT2D eigenvalue weighted by Gasteiger charge is 2.27. The highest BCUT2D eigenvalue weighted by atomic mass is 35.5. The minimum Gasteiger partial charge on any atom is -0.350 e. The van der Waals surface area contributed by atoms with Crippen molar-refractivity contribution in [2.75, 3.05) is 34.2 Å². The summed E-state index contributed by atoms with van der Waals surface area (Å²) < 4.78 is 2.10. The third kappa shape index (κ3) is 5.34. The Balaban J connectivity index is 1.72. The van der Waals surface area contributed by atoms with Crippen molar-refractivity contribution in [2.45, 2.75) is 6.54 Å². The zero-order valence-electron chi connectivity index (χ0n) is 21.6. The number of aromatic amines is 1. The van der Waals surface area contributed by atoms with Crippen molar-refractivity contribution >= 4 is 40.0 Å². The second-order valence-electron chi connectivity index (χ2n) is 9.66.